The van der Waals surface area contributed by atoms with E-state index in [9.17, 15) is 18.0 Å². The summed E-state index contributed by atoms with van der Waals surface area (Å²) in [6, 6.07) is 6.55. The normalized spacial score (nSPS) is 12.0. The first-order valence-corrected chi connectivity index (χ1v) is 9.23. The van der Waals surface area contributed by atoms with Gasteiger partial charge in [0.25, 0.3) is 0 Å². The van der Waals surface area contributed by atoms with Crippen LogP contribution in [0.4, 0.5) is 0 Å². The van der Waals surface area contributed by atoms with E-state index in [1.807, 2.05) is 19.0 Å². The Balaban J connectivity index is 2.40. The molecule has 24 heavy (non-hydrogen) atoms. The minimum atomic E-state index is -3.75. The van der Waals surface area contributed by atoms with Crippen LogP contribution >= 0.6 is 0 Å². The van der Waals surface area contributed by atoms with Gasteiger partial charge < -0.3 is 10.2 Å². The second-order valence-electron chi connectivity index (χ2n) is 5.68. The number of aromatic nitrogens is 2. The highest BCUT2D eigenvalue weighted by Gasteiger charge is 2.22. The molecule has 1 heterocycles. The predicted molar refractivity (Wildman–Crippen MR) is 92.6 cm³/mol. The van der Waals surface area contributed by atoms with Crippen LogP contribution in [0.15, 0.2) is 29.1 Å². The van der Waals surface area contributed by atoms with Gasteiger partial charge in [0, 0.05) is 13.1 Å². The van der Waals surface area contributed by atoms with Gasteiger partial charge in [-0.3, -0.25) is 9.36 Å². The number of nitrogens with zero attached hydrogens (tertiary/aromatic N) is 3. The summed E-state index contributed by atoms with van der Waals surface area (Å²) in [6.45, 7) is 2.37. The average molecular weight is 354 g/mol. The lowest BCUT2D eigenvalue weighted by molar-refractivity contribution is -0.121. The van der Waals surface area contributed by atoms with Crippen molar-refractivity contribution < 1.29 is 13.2 Å². The van der Waals surface area contributed by atoms with Crippen LogP contribution in [0.3, 0.4) is 0 Å². The molecule has 1 aromatic heterocycles. The SMILES string of the molecule is CCS(=O)(=O)n1c(=O)n(CC(=O)NCCN(C)C)c2ccccc21. The highest BCUT2D eigenvalue weighted by Crippen LogP contribution is 2.14. The molecular weight excluding hydrogens is 332 g/mol. The Bertz CT molecular complexity index is 896. The van der Waals surface area contributed by atoms with E-state index in [0.717, 1.165) is 3.97 Å². The van der Waals surface area contributed by atoms with Crippen molar-refractivity contribution >= 4 is 27.0 Å². The molecule has 2 rings (SSSR count). The first-order valence-electron chi connectivity index (χ1n) is 7.63. The summed E-state index contributed by atoms with van der Waals surface area (Å²) >= 11 is 0. The van der Waals surface area contributed by atoms with Crippen LogP contribution in [-0.2, 0) is 21.4 Å². The molecular formula is C15H22N4O4S. The molecule has 0 fully saturated rings. The molecule has 0 aliphatic carbocycles. The number of hydrogen-bond donors (Lipinski definition) is 1. The van der Waals surface area contributed by atoms with Crippen LogP contribution in [0.1, 0.15) is 6.92 Å². The largest absolute Gasteiger partial charge is 0.353 e. The fraction of sp³-hybridized carbons (Fsp3) is 0.467. The third-order valence-corrected chi connectivity index (χ3v) is 5.26. The lowest BCUT2D eigenvalue weighted by atomic mass is 10.3. The van der Waals surface area contributed by atoms with E-state index in [1.54, 1.807) is 24.3 Å². The van der Waals surface area contributed by atoms with E-state index in [0.29, 0.717) is 18.6 Å². The molecule has 0 spiro atoms. The molecule has 1 N–H and O–H groups in total. The molecule has 0 unspecified atom stereocenters. The molecule has 0 atom stereocenters. The van der Waals surface area contributed by atoms with Gasteiger partial charge in [-0.15, -0.1) is 0 Å². The monoisotopic (exact) mass is 354 g/mol. The molecule has 1 aromatic carbocycles. The third-order valence-electron chi connectivity index (χ3n) is 3.62. The van der Waals surface area contributed by atoms with Crippen molar-refractivity contribution in [1.82, 2.24) is 18.8 Å². The van der Waals surface area contributed by atoms with Crippen LogP contribution in [0.5, 0.6) is 0 Å². The number of amides is 1. The standard InChI is InChI=1S/C15H22N4O4S/c1-4-24(22,23)19-13-8-6-5-7-12(13)18(15(19)21)11-14(20)16-9-10-17(2)3/h5-8H,4,9-11H2,1-3H3,(H,16,20). The lowest BCUT2D eigenvalue weighted by Crippen LogP contribution is -2.37. The average Bonchev–Trinajstić information content (AvgIpc) is 2.80. The summed E-state index contributed by atoms with van der Waals surface area (Å²) < 4.78 is 26.4. The first-order chi connectivity index (χ1) is 11.3. The number of hydrogen-bond acceptors (Lipinski definition) is 5. The number of fused-ring (bicyclic) bond motifs is 1. The molecule has 1 amide bonds. The van der Waals surface area contributed by atoms with Crippen molar-refractivity contribution in [2.75, 3.05) is 32.9 Å². The summed E-state index contributed by atoms with van der Waals surface area (Å²) in [6.07, 6.45) is 0. The van der Waals surface area contributed by atoms with Gasteiger partial charge in [0.05, 0.1) is 16.8 Å². The molecule has 2 aromatic rings. The Morgan fingerprint density at radius 2 is 1.83 bits per heavy atom. The molecule has 0 bridgehead atoms. The highest BCUT2D eigenvalue weighted by atomic mass is 32.2. The molecule has 0 aliphatic rings. The van der Waals surface area contributed by atoms with Crippen LogP contribution < -0.4 is 11.0 Å². The molecule has 0 saturated heterocycles. The zero-order valence-corrected chi connectivity index (χ0v) is 14.8. The van der Waals surface area contributed by atoms with Crippen LogP contribution in [0.2, 0.25) is 0 Å². The number of rotatable bonds is 7. The third kappa shape index (κ3) is 3.68. The van der Waals surface area contributed by atoms with Crippen molar-refractivity contribution in [3.05, 3.63) is 34.7 Å². The maximum Gasteiger partial charge on any atom is 0.343 e. The Morgan fingerprint density at radius 1 is 1.21 bits per heavy atom. The highest BCUT2D eigenvalue weighted by molar-refractivity contribution is 7.90. The maximum atomic E-state index is 12.6. The van der Waals surface area contributed by atoms with E-state index in [2.05, 4.69) is 5.32 Å². The Labute approximate surface area is 140 Å². The predicted octanol–water partition coefficient (Wildman–Crippen LogP) is -0.321. The van der Waals surface area contributed by atoms with Gasteiger partial charge in [-0.05, 0) is 33.2 Å². The summed E-state index contributed by atoms with van der Waals surface area (Å²) in [4.78, 5) is 26.6. The zero-order valence-electron chi connectivity index (χ0n) is 14.0. The summed E-state index contributed by atoms with van der Waals surface area (Å²) in [5, 5.41) is 2.72. The first kappa shape index (κ1) is 18.2. The quantitative estimate of drug-likeness (QED) is 0.735. The van der Waals surface area contributed by atoms with E-state index in [1.165, 1.54) is 11.5 Å². The summed E-state index contributed by atoms with van der Waals surface area (Å²) in [5.74, 6) is -0.536. The number of benzene rings is 1. The minimum Gasteiger partial charge on any atom is -0.353 e. The Kier molecular flexibility index (Phi) is 5.45. The van der Waals surface area contributed by atoms with E-state index in [-0.39, 0.29) is 23.7 Å². The molecule has 132 valence electrons. The van der Waals surface area contributed by atoms with E-state index >= 15 is 0 Å². The van der Waals surface area contributed by atoms with Gasteiger partial charge in [-0.2, -0.15) is 3.97 Å². The molecule has 8 nitrogen and oxygen atoms in total. The van der Waals surface area contributed by atoms with Gasteiger partial charge in [-0.25, -0.2) is 13.2 Å². The van der Waals surface area contributed by atoms with Gasteiger partial charge in [0.1, 0.15) is 6.54 Å². The van der Waals surface area contributed by atoms with Crippen molar-refractivity contribution in [2.45, 2.75) is 13.5 Å². The van der Waals surface area contributed by atoms with Crippen LogP contribution in [0, 0.1) is 0 Å². The number of nitrogens with one attached hydrogen (secondary N) is 1. The van der Waals surface area contributed by atoms with Crippen molar-refractivity contribution in [3.8, 4) is 0 Å². The number of likely N-dealkylation sites (N-methyl/N-ethyl adjacent to an activating group) is 1. The molecule has 0 radical (unpaired) electrons. The molecule has 9 heteroatoms. The van der Waals surface area contributed by atoms with E-state index < -0.39 is 15.7 Å². The van der Waals surface area contributed by atoms with Gasteiger partial charge >= 0.3 is 5.69 Å². The van der Waals surface area contributed by atoms with Crippen molar-refractivity contribution in [1.29, 1.82) is 0 Å². The smallest absolute Gasteiger partial charge is 0.343 e. The van der Waals surface area contributed by atoms with E-state index in [4.69, 9.17) is 0 Å². The van der Waals surface area contributed by atoms with Crippen molar-refractivity contribution in [2.24, 2.45) is 0 Å². The number of para-hydroxylation sites is 2. The summed E-state index contributed by atoms with van der Waals surface area (Å²) in [7, 11) is 0.0239. The van der Waals surface area contributed by atoms with Crippen molar-refractivity contribution in [3.63, 3.8) is 0 Å². The minimum absolute atomic E-state index is 0.198. The maximum absolute atomic E-state index is 12.6. The fourth-order valence-electron chi connectivity index (χ4n) is 2.35. The number of carbonyl (C=O) groups excluding carboxylic acids is 1. The fourth-order valence-corrected chi connectivity index (χ4v) is 3.40. The topological polar surface area (TPSA) is 93.4 Å². The van der Waals surface area contributed by atoms with Gasteiger partial charge in [0.2, 0.25) is 15.9 Å². The van der Waals surface area contributed by atoms with Crippen LogP contribution in [-0.4, -0.2) is 60.7 Å². The number of imidazole rings is 1. The molecule has 0 aliphatic heterocycles. The number of carbonyl (C=O) groups is 1. The van der Waals surface area contributed by atoms with Gasteiger partial charge in [0.15, 0.2) is 0 Å². The second kappa shape index (κ2) is 7.18. The Morgan fingerprint density at radius 3 is 2.42 bits per heavy atom. The Hall–Kier alpha value is -2.13. The lowest BCUT2D eigenvalue weighted by Gasteiger charge is -2.10. The second-order valence-corrected chi connectivity index (χ2v) is 7.78. The molecule has 0 saturated carbocycles. The van der Waals surface area contributed by atoms with Gasteiger partial charge in [-0.1, -0.05) is 12.1 Å². The van der Waals surface area contributed by atoms with Crippen LogP contribution in [0.25, 0.3) is 11.0 Å². The summed E-state index contributed by atoms with van der Waals surface area (Å²) in [5.41, 5.74) is -0.0199. The zero-order chi connectivity index (χ0) is 17.9.